The quantitative estimate of drug-likeness (QED) is 0.879. The first-order valence-corrected chi connectivity index (χ1v) is 6.73. The molecule has 0 aliphatic rings. The fourth-order valence-electron chi connectivity index (χ4n) is 2.05. The van der Waals surface area contributed by atoms with Gasteiger partial charge in [-0.1, -0.05) is 6.92 Å². The number of carboxylic acid groups (broad SMARTS) is 1. The molecule has 6 heteroatoms. The van der Waals surface area contributed by atoms with Crippen LogP contribution in [0.4, 0.5) is 0 Å². The van der Waals surface area contributed by atoms with Gasteiger partial charge in [-0.2, -0.15) is 5.10 Å². The van der Waals surface area contributed by atoms with Gasteiger partial charge in [-0.3, -0.25) is 9.59 Å². The van der Waals surface area contributed by atoms with E-state index in [1.165, 1.54) is 4.90 Å². The summed E-state index contributed by atoms with van der Waals surface area (Å²) in [7, 11) is 0. The molecule has 0 saturated heterocycles. The van der Waals surface area contributed by atoms with Crippen LogP contribution in [0.3, 0.4) is 0 Å². The molecule has 1 aromatic heterocycles. The number of hydrogen-bond donors (Lipinski definition) is 1. The predicted octanol–water partition coefficient (Wildman–Crippen LogP) is 1.81. The van der Waals surface area contributed by atoms with Crippen molar-refractivity contribution in [1.82, 2.24) is 14.7 Å². The average molecular weight is 287 g/mol. The molecular formula is C15H17N3O3. The Hall–Kier alpha value is -2.63. The van der Waals surface area contributed by atoms with Gasteiger partial charge in [0.25, 0.3) is 5.91 Å². The SMILES string of the molecule is CCCN(CC(=O)O)C(=O)c1ccc(-n2cccn2)cc1. The zero-order chi connectivity index (χ0) is 15.2. The first-order chi connectivity index (χ1) is 10.1. The van der Waals surface area contributed by atoms with E-state index in [0.717, 1.165) is 5.69 Å². The molecule has 0 spiro atoms. The van der Waals surface area contributed by atoms with Crippen LogP contribution >= 0.6 is 0 Å². The van der Waals surface area contributed by atoms with Crippen LogP contribution < -0.4 is 0 Å². The summed E-state index contributed by atoms with van der Waals surface area (Å²) in [5, 5.41) is 13.0. The number of nitrogens with zero attached hydrogens (tertiary/aromatic N) is 3. The smallest absolute Gasteiger partial charge is 0.323 e. The topological polar surface area (TPSA) is 75.4 Å². The summed E-state index contributed by atoms with van der Waals surface area (Å²) in [4.78, 5) is 24.5. The van der Waals surface area contributed by atoms with E-state index in [-0.39, 0.29) is 12.5 Å². The molecule has 6 nitrogen and oxygen atoms in total. The molecule has 0 fully saturated rings. The average Bonchev–Trinajstić information content (AvgIpc) is 3.00. The summed E-state index contributed by atoms with van der Waals surface area (Å²) in [6.07, 6.45) is 4.20. The van der Waals surface area contributed by atoms with Crippen molar-refractivity contribution in [1.29, 1.82) is 0 Å². The summed E-state index contributed by atoms with van der Waals surface area (Å²) in [6, 6.07) is 8.75. The number of carbonyl (C=O) groups excluding carboxylic acids is 1. The molecule has 21 heavy (non-hydrogen) atoms. The third-order valence-corrected chi connectivity index (χ3v) is 2.99. The van der Waals surface area contributed by atoms with E-state index >= 15 is 0 Å². The van der Waals surface area contributed by atoms with Crippen molar-refractivity contribution in [3.8, 4) is 5.69 Å². The van der Waals surface area contributed by atoms with Crippen molar-refractivity contribution in [3.05, 3.63) is 48.3 Å². The second kappa shape index (κ2) is 6.69. The summed E-state index contributed by atoms with van der Waals surface area (Å²) >= 11 is 0. The molecule has 2 aromatic rings. The van der Waals surface area contributed by atoms with Crippen molar-refractivity contribution >= 4 is 11.9 Å². The monoisotopic (exact) mass is 287 g/mol. The lowest BCUT2D eigenvalue weighted by molar-refractivity contribution is -0.137. The minimum absolute atomic E-state index is 0.272. The molecule has 1 amide bonds. The Bertz CT molecular complexity index is 606. The van der Waals surface area contributed by atoms with Crippen LogP contribution in [0.1, 0.15) is 23.7 Å². The Balaban J connectivity index is 2.16. The van der Waals surface area contributed by atoms with Crippen LogP contribution in [0.5, 0.6) is 0 Å². The molecule has 1 aromatic carbocycles. The van der Waals surface area contributed by atoms with Crippen LogP contribution in [0.25, 0.3) is 5.69 Å². The molecule has 0 aliphatic carbocycles. The van der Waals surface area contributed by atoms with E-state index in [1.54, 1.807) is 35.1 Å². The minimum Gasteiger partial charge on any atom is -0.480 e. The Morgan fingerprint density at radius 1 is 1.29 bits per heavy atom. The fourth-order valence-corrected chi connectivity index (χ4v) is 2.05. The van der Waals surface area contributed by atoms with Gasteiger partial charge in [0.15, 0.2) is 0 Å². The van der Waals surface area contributed by atoms with Crippen molar-refractivity contribution in [2.45, 2.75) is 13.3 Å². The second-order valence-corrected chi connectivity index (χ2v) is 4.62. The number of benzene rings is 1. The first kappa shape index (κ1) is 14.8. The Morgan fingerprint density at radius 2 is 2.00 bits per heavy atom. The van der Waals surface area contributed by atoms with Gasteiger partial charge in [0.2, 0.25) is 0 Å². The van der Waals surface area contributed by atoms with E-state index < -0.39 is 5.97 Å². The number of amides is 1. The Morgan fingerprint density at radius 3 is 2.52 bits per heavy atom. The third kappa shape index (κ3) is 3.68. The molecule has 0 radical (unpaired) electrons. The number of carbonyl (C=O) groups is 2. The molecule has 0 saturated carbocycles. The van der Waals surface area contributed by atoms with Gasteiger partial charge in [0.05, 0.1) is 5.69 Å². The van der Waals surface area contributed by atoms with Crippen molar-refractivity contribution in [2.75, 3.05) is 13.1 Å². The fraction of sp³-hybridized carbons (Fsp3) is 0.267. The lowest BCUT2D eigenvalue weighted by atomic mass is 10.1. The molecule has 2 rings (SSSR count). The molecule has 1 heterocycles. The summed E-state index contributed by atoms with van der Waals surface area (Å²) in [5.41, 5.74) is 1.32. The van der Waals surface area contributed by atoms with Gasteiger partial charge in [-0.25, -0.2) is 4.68 Å². The van der Waals surface area contributed by atoms with Crippen LogP contribution in [-0.4, -0.2) is 44.8 Å². The highest BCUT2D eigenvalue weighted by Gasteiger charge is 2.17. The molecule has 1 N–H and O–H groups in total. The standard InChI is InChI=1S/C15H17N3O3/c1-2-9-17(11-14(19)20)15(21)12-4-6-13(7-5-12)18-10-3-8-16-18/h3-8,10H,2,9,11H2,1H3,(H,19,20). The number of carboxylic acids is 1. The van der Waals surface area contributed by atoms with Gasteiger partial charge >= 0.3 is 5.97 Å². The highest BCUT2D eigenvalue weighted by Crippen LogP contribution is 2.11. The second-order valence-electron chi connectivity index (χ2n) is 4.62. The first-order valence-electron chi connectivity index (χ1n) is 6.73. The maximum absolute atomic E-state index is 12.3. The van der Waals surface area contributed by atoms with E-state index in [2.05, 4.69) is 5.10 Å². The van der Waals surface area contributed by atoms with E-state index in [9.17, 15) is 9.59 Å². The van der Waals surface area contributed by atoms with Gasteiger partial charge in [-0.15, -0.1) is 0 Å². The van der Waals surface area contributed by atoms with Gasteiger partial charge in [0.1, 0.15) is 6.54 Å². The molecule has 0 aliphatic heterocycles. The molecule has 0 unspecified atom stereocenters. The highest BCUT2D eigenvalue weighted by atomic mass is 16.4. The maximum atomic E-state index is 12.3. The van der Waals surface area contributed by atoms with E-state index in [0.29, 0.717) is 18.5 Å². The zero-order valence-electron chi connectivity index (χ0n) is 11.8. The van der Waals surface area contributed by atoms with Crippen LogP contribution in [0.2, 0.25) is 0 Å². The van der Waals surface area contributed by atoms with Gasteiger partial charge in [0, 0.05) is 24.5 Å². The third-order valence-electron chi connectivity index (χ3n) is 2.99. The summed E-state index contributed by atoms with van der Waals surface area (Å²) < 4.78 is 1.69. The van der Waals surface area contributed by atoms with Crippen molar-refractivity contribution in [2.24, 2.45) is 0 Å². The normalized spacial score (nSPS) is 10.3. The highest BCUT2D eigenvalue weighted by molar-refractivity contribution is 5.96. The molecule has 0 atom stereocenters. The zero-order valence-corrected chi connectivity index (χ0v) is 11.8. The maximum Gasteiger partial charge on any atom is 0.323 e. The van der Waals surface area contributed by atoms with Crippen LogP contribution in [0, 0.1) is 0 Å². The number of hydrogen-bond acceptors (Lipinski definition) is 3. The van der Waals surface area contributed by atoms with E-state index in [4.69, 9.17) is 5.11 Å². The van der Waals surface area contributed by atoms with Crippen molar-refractivity contribution < 1.29 is 14.7 Å². The summed E-state index contributed by atoms with van der Waals surface area (Å²) in [5.74, 6) is -1.28. The number of aromatic nitrogens is 2. The minimum atomic E-state index is -1.01. The molecular weight excluding hydrogens is 270 g/mol. The lowest BCUT2D eigenvalue weighted by Gasteiger charge is -2.20. The summed E-state index contributed by atoms with van der Waals surface area (Å²) in [6.45, 7) is 2.04. The largest absolute Gasteiger partial charge is 0.480 e. The number of aliphatic carboxylic acids is 1. The molecule has 110 valence electrons. The van der Waals surface area contributed by atoms with Gasteiger partial charge in [-0.05, 0) is 36.8 Å². The Labute approximate surface area is 122 Å². The van der Waals surface area contributed by atoms with Crippen LogP contribution in [0.15, 0.2) is 42.7 Å². The van der Waals surface area contributed by atoms with Crippen LogP contribution in [-0.2, 0) is 4.79 Å². The predicted molar refractivity (Wildman–Crippen MR) is 77.4 cm³/mol. The van der Waals surface area contributed by atoms with Gasteiger partial charge < -0.3 is 10.0 Å². The lowest BCUT2D eigenvalue weighted by Crippen LogP contribution is -2.36. The van der Waals surface area contributed by atoms with E-state index in [1.807, 2.05) is 19.2 Å². The molecule has 0 bridgehead atoms. The van der Waals surface area contributed by atoms with Crippen molar-refractivity contribution in [3.63, 3.8) is 0 Å². The Kier molecular flexibility index (Phi) is 4.71. The number of rotatable bonds is 6.